The van der Waals surface area contributed by atoms with E-state index in [9.17, 15) is 4.79 Å². The summed E-state index contributed by atoms with van der Waals surface area (Å²) in [4.78, 5) is 14.9. The molecule has 2 aromatic carbocycles. The second-order valence-corrected chi connectivity index (χ2v) is 7.29. The molecule has 1 unspecified atom stereocenters. The summed E-state index contributed by atoms with van der Waals surface area (Å²) < 4.78 is 15.9. The molecule has 0 saturated carbocycles. The highest BCUT2D eigenvalue weighted by molar-refractivity contribution is 5.89. The van der Waals surface area contributed by atoms with Crippen molar-refractivity contribution in [3.63, 3.8) is 0 Å². The fourth-order valence-corrected chi connectivity index (χ4v) is 3.85. The second-order valence-electron chi connectivity index (χ2n) is 7.29. The van der Waals surface area contributed by atoms with Crippen molar-refractivity contribution in [2.45, 2.75) is 25.3 Å². The minimum atomic E-state index is -0.237. The van der Waals surface area contributed by atoms with Crippen LogP contribution in [-0.4, -0.2) is 44.5 Å². The van der Waals surface area contributed by atoms with Crippen molar-refractivity contribution in [1.29, 1.82) is 0 Å². The third-order valence-corrected chi connectivity index (χ3v) is 5.42. The zero-order valence-corrected chi connectivity index (χ0v) is 16.6. The summed E-state index contributed by atoms with van der Waals surface area (Å²) in [6.07, 6.45) is 3.65. The van der Waals surface area contributed by atoms with Crippen molar-refractivity contribution in [3.05, 3.63) is 48.0 Å². The van der Waals surface area contributed by atoms with E-state index in [4.69, 9.17) is 14.2 Å². The Morgan fingerprint density at radius 2 is 1.83 bits per heavy atom. The molecule has 2 aliphatic heterocycles. The Hall–Kier alpha value is -2.93. The maximum absolute atomic E-state index is 12.5. The summed E-state index contributed by atoms with van der Waals surface area (Å²) in [5, 5.41) is 5.90. The summed E-state index contributed by atoms with van der Waals surface area (Å²) in [5.41, 5.74) is 1.85. The normalized spacial score (nSPS) is 16.9. The average molecular weight is 397 g/mol. The Kier molecular flexibility index (Phi) is 6.05. The SMILES string of the molecule is COc1ccc(C(CNC(=O)Nc2ccc3c(c2)OCO3)N2CCCCC2)cc1. The molecule has 1 saturated heterocycles. The monoisotopic (exact) mass is 397 g/mol. The van der Waals surface area contributed by atoms with E-state index in [1.165, 1.54) is 24.8 Å². The number of amides is 2. The molecule has 2 aromatic rings. The van der Waals surface area contributed by atoms with Gasteiger partial charge in [-0.3, -0.25) is 4.90 Å². The van der Waals surface area contributed by atoms with Gasteiger partial charge >= 0.3 is 6.03 Å². The van der Waals surface area contributed by atoms with E-state index in [2.05, 4.69) is 27.7 Å². The lowest BCUT2D eigenvalue weighted by atomic mass is 10.0. The molecule has 154 valence electrons. The standard InChI is InChI=1S/C22H27N3O4/c1-27-18-8-5-16(6-9-18)19(25-11-3-2-4-12-25)14-23-22(26)24-17-7-10-20-21(13-17)29-15-28-20/h5-10,13,19H,2-4,11-12,14-15H2,1H3,(H2,23,24,26). The van der Waals surface area contributed by atoms with Gasteiger partial charge in [0.1, 0.15) is 5.75 Å². The van der Waals surface area contributed by atoms with Gasteiger partial charge in [-0.25, -0.2) is 4.79 Å². The molecular weight excluding hydrogens is 370 g/mol. The molecule has 0 spiro atoms. The molecule has 0 radical (unpaired) electrons. The van der Waals surface area contributed by atoms with E-state index in [1.807, 2.05) is 12.1 Å². The third kappa shape index (κ3) is 4.74. The molecule has 0 bridgehead atoms. The molecular formula is C22H27N3O4. The Morgan fingerprint density at radius 3 is 2.59 bits per heavy atom. The maximum Gasteiger partial charge on any atom is 0.319 e. The van der Waals surface area contributed by atoms with Gasteiger partial charge < -0.3 is 24.8 Å². The summed E-state index contributed by atoms with van der Waals surface area (Å²) in [7, 11) is 1.67. The lowest BCUT2D eigenvalue weighted by Gasteiger charge is -2.35. The molecule has 1 fully saturated rings. The van der Waals surface area contributed by atoms with Crippen LogP contribution in [0.4, 0.5) is 10.5 Å². The number of fused-ring (bicyclic) bond motifs is 1. The third-order valence-electron chi connectivity index (χ3n) is 5.42. The molecule has 2 aliphatic rings. The van der Waals surface area contributed by atoms with Gasteiger partial charge in [-0.2, -0.15) is 0 Å². The molecule has 0 aromatic heterocycles. The fourth-order valence-electron chi connectivity index (χ4n) is 3.85. The average Bonchev–Trinajstić information content (AvgIpc) is 3.23. The number of rotatable bonds is 6. The lowest BCUT2D eigenvalue weighted by Crippen LogP contribution is -2.41. The van der Waals surface area contributed by atoms with Crippen molar-refractivity contribution in [2.24, 2.45) is 0 Å². The predicted octanol–water partition coefficient (Wildman–Crippen LogP) is 3.77. The number of hydrogen-bond acceptors (Lipinski definition) is 5. The maximum atomic E-state index is 12.5. The number of benzene rings is 2. The van der Waals surface area contributed by atoms with E-state index < -0.39 is 0 Å². The molecule has 4 rings (SSSR count). The highest BCUT2D eigenvalue weighted by Gasteiger charge is 2.23. The summed E-state index contributed by atoms with van der Waals surface area (Å²) in [5.74, 6) is 2.17. The van der Waals surface area contributed by atoms with Crippen molar-refractivity contribution in [1.82, 2.24) is 10.2 Å². The fraction of sp³-hybridized carbons (Fsp3) is 0.409. The summed E-state index contributed by atoms with van der Waals surface area (Å²) >= 11 is 0. The molecule has 2 amide bonds. The number of ether oxygens (including phenoxy) is 3. The molecule has 7 heteroatoms. The Bertz CT molecular complexity index is 834. The molecule has 2 heterocycles. The smallest absolute Gasteiger partial charge is 0.319 e. The van der Waals surface area contributed by atoms with Crippen molar-refractivity contribution in [3.8, 4) is 17.2 Å². The number of likely N-dealkylation sites (tertiary alicyclic amines) is 1. The number of methoxy groups -OCH3 is 1. The summed E-state index contributed by atoms with van der Waals surface area (Å²) in [6.45, 7) is 2.83. The number of nitrogens with zero attached hydrogens (tertiary/aromatic N) is 1. The highest BCUT2D eigenvalue weighted by Crippen LogP contribution is 2.34. The number of anilines is 1. The molecule has 7 nitrogen and oxygen atoms in total. The van der Waals surface area contributed by atoms with Crippen molar-refractivity contribution in [2.75, 3.05) is 38.9 Å². The topological polar surface area (TPSA) is 72.1 Å². The van der Waals surface area contributed by atoms with Gasteiger partial charge in [0, 0.05) is 18.3 Å². The van der Waals surface area contributed by atoms with Crippen LogP contribution in [0.25, 0.3) is 0 Å². The Morgan fingerprint density at radius 1 is 1.07 bits per heavy atom. The van der Waals surface area contributed by atoms with Gasteiger partial charge in [-0.15, -0.1) is 0 Å². The molecule has 1 atom stereocenters. The minimum Gasteiger partial charge on any atom is -0.497 e. The summed E-state index contributed by atoms with van der Waals surface area (Å²) in [6, 6.07) is 13.4. The van der Waals surface area contributed by atoms with Gasteiger partial charge in [0.15, 0.2) is 11.5 Å². The predicted molar refractivity (Wildman–Crippen MR) is 111 cm³/mol. The number of nitrogens with one attached hydrogen (secondary N) is 2. The number of piperidine rings is 1. The van der Waals surface area contributed by atoms with Crippen LogP contribution in [0.3, 0.4) is 0 Å². The zero-order chi connectivity index (χ0) is 20.1. The first kappa shape index (κ1) is 19.4. The zero-order valence-electron chi connectivity index (χ0n) is 16.6. The van der Waals surface area contributed by atoms with Crippen LogP contribution in [0.5, 0.6) is 17.2 Å². The minimum absolute atomic E-state index is 0.128. The first-order chi connectivity index (χ1) is 14.2. The van der Waals surface area contributed by atoms with Gasteiger partial charge in [-0.05, 0) is 55.8 Å². The Labute approximate surface area is 170 Å². The van der Waals surface area contributed by atoms with Gasteiger partial charge in [0.05, 0.1) is 13.2 Å². The van der Waals surface area contributed by atoms with Crippen molar-refractivity contribution < 1.29 is 19.0 Å². The van der Waals surface area contributed by atoms with Crippen LogP contribution in [0.1, 0.15) is 30.9 Å². The van der Waals surface area contributed by atoms with Crippen LogP contribution < -0.4 is 24.8 Å². The van der Waals surface area contributed by atoms with Crippen molar-refractivity contribution >= 4 is 11.7 Å². The van der Waals surface area contributed by atoms with Crippen LogP contribution in [0.2, 0.25) is 0 Å². The molecule has 29 heavy (non-hydrogen) atoms. The second kappa shape index (κ2) is 9.05. The van der Waals surface area contributed by atoms with E-state index >= 15 is 0 Å². The van der Waals surface area contributed by atoms with Gasteiger partial charge in [-0.1, -0.05) is 18.6 Å². The number of hydrogen-bond donors (Lipinski definition) is 2. The van der Waals surface area contributed by atoms with Crippen LogP contribution in [0.15, 0.2) is 42.5 Å². The van der Waals surface area contributed by atoms with Gasteiger partial charge in [0.25, 0.3) is 0 Å². The van der Waals surface area contributed by atoms with Crippen LogP contribution in [0, 0.1) is 0 Å². The van der Waals surface area contributed by atoms with Crippen LogP contribution >= 0.6 is 0 Å². The van der Waals surface area contributed by atoms with Gasteiger partial charge in [0.2, 0.25) is 6.79 Å². The van der Waals surface area contributed by atoms with E-state index in [-0.39, 0.29) is 18.9 Å². The first-order valence-electron chi connectivity index (χ1n) is 10.1. The largest absolute Gasteiger partial charge is 0.497 e. The number of carbonyl (C=O) groups excluding carboxylic acids is 1. The Balaban J connectivity index is 1.40. The van der Waals surface area contributed by atoms with E-state index in [1.54, 1.807) is 25.3 Å². The highest BCUT2D eigenvalue weighted by atomic mass is 16.7. The molecule has 0 aliphatic carbocycles. The van der Waals surface area contributed by atoms with Crippen LogP contribution in [-0.2, 0) is 0 Å². The molecule has 2 N–H and O–H groups in total. The van der Waals surface area contributed by atoms with E-state index in [0.29, 0.717) is 23.7 Å². The lowest BCUT2D eigenvalue weighted by molar-refractivity contribution is 0.161. The first-order valence-corrected chi connectivity index (χ1v) is 10.1. The quantitative estimate of drug-likeness (QED) is 0.776. The van der Waals surface area contributed by atoms with E-state index in [0.717, 1.165) is 18.8 Å². The number of urea groups is 1. The number of carbonyl (C=O) groups is 1.